The number of unbranched alkanes of at least 4 members (excludes halogenated alkanes) is 1. The van der Waals surface area contributed by atoms with Crippen LogP contribution in [0.15, 0.2) is 12.2 Å². The van der Waals surface area contributed by atoms with Crippen LogP contribution in [-0.4, -0.2) is 41.7 Å². The second-order valence-corrected chi connectivity index (χ2v) is 5.04. The Morgan fingerprint density at radius 2 is 0.852 bits per heavy atom. The summed E-state index contributed by atoms with van der Waals surface area (Å²) in [5.74, 6) is -46.2. The van der Waals surface area contributed by atoms with Crippen LogP contribution in [0.4, 0.5) is 65.9 Å². The Balaban J connectivity index is 6.39. The third kappa shape index (κ3) is 3.69. The van der Waals surface area contributed by atoms with Crippen LogP contribution in [0.25, 0.3) is 0 Å². The monoisotopic (exact) mass is 437 g/mol. The minimum atomic E-state index is -8.24. The first-order valence-electron chi connectivity index (χ1n) is 6.36. The van der Waals surface area contributed by atoms with Crippen molar-refractivity contribution < 1.29 is 65.9 Å². The predicted molar refractivity (Wildman–Crippen MR) is 59.5 cm³/mol. The van der Waals surface area contributed by atoms with Crippen LogP contribution in [-0.2, 0) is 0 Å². The van der Waals surface area contributed by atoms with Gasteiger partial charge in [0, 0.05) is 0 Å². The molecule has 0 nitrogen and oxygen atoms in total. The zero-order chi connectivity index (χ0) is 22.3. The number of alkyl halides is 15. The molecule has 0 atom stereocenters. The molecule has 0 bridgehead atoms. The van der Waals surface area contributed by atoms with E-state index in [2.05, 4.69) is 6.92 Å². The highest BCUT2D eigenvalue weighted by atomic mass is 19.4. The Morgan fingerprint density at radius 1 is 0.519 bits per heavy atom. The Labute approximate surface area is 141 Å². The zero-order valence-corrected chi connectivity index (χ0v) is 12.4. The van der Waals surface area contributed by atoms with Crippen LogP contribution in [0.2, 0.25) is 0 Å². The van der Waals surface area contributed by atoms with Crippen molar-refractivity contribution in [3.05, 3.63) is 19.1 Å². The molecule has 0 aliphatic heterocycles. The van der Waals surface area contributed by atoms with E-state index in [-0.39, 0.29) is 12.5 Å². The number of rotatable bonds is 8. The molecule has 0 aromatic carbocycles. The summed E-state index contributed by atoms with van der Waals surface area (Å²) in [6.07, 6.45) is -9.59. The smallest absolute Gasteiger partial charge is 0.195 e. The summed E-state index contributed by atoms with van der Waals surface area (Å²) in [6, 6.07) is 0. The highest BCUT2D eigenvalue weighted by Gasteiger charge is 2.93. The standard InChI is InChI=1S/C12H8F15/c1-2-3-4-5-6(13,14)7(15,16)8(17,18)9(19,20)10(21,22)11(23,24)12(25,26)27/h4-5H,1-3H2/b5-4+. The van der Waals surface area contributed by atoms with Crippen LogP contribution in [0, 0.1) is 6.92 Å². The van der Waals surface area contributed by atoms with Crippen molar-refractivity contribution in [2.24, 2.45) is 0 Å². The summed E-state index contributed by atoms with van der Waals surface area (Å²) in [7, 11) is 0. The Bertz CT molecular complexity index is 539. The summed E-state index contributed by atoms with van der Waals surface area (Å²) in [4.78, 5) is 0. The summed E-state index contributed by atoms with van der Waals surface area (Å²) in [6.45, 7) is 3.00. The molecule has 0 heterocycles. The molecule has 0 unspecified atom stereocenters. The fourth-order valence-corrected chi connectivity index (χ4v) is 1.43. The fourth-order valence-electron chi connectivity index (χ4n) is 1.43. The highest BCUT2D eigenvalue weighted by molar-refractivity contribution is 5.16. The second-order valence-electron chi connectivity index (χ2n) is 5.04. The van der Waals surface area contributed by atoms with Gasteiger partial charge < -0.3 is 0 Å². The third-order valence-electron chi connectivity index (χ3n) is 3.05. The summed E-state index contributed by atoms with van der Waals surface area (Å²) in [5, 5.41) is 0. The largest absolute Gasteiger partial charge is 0.460 e. The summed E-state index contributed by atoms with van der Waals surface area (Å²) >= 11 is 0. The lowest BCUT2D eigenvalue weighted by Gasteiger charge is -2.41. The number of halogens is 15. The van der Waals surface area contributed by atoms with E-state index in [4.69, 9.17) is 0 Å². The summed E-state index contributed by atoms with van der Waals surface area (Å²) in [5.41, 5.74) is 0. The SMILES string of the molecule is [CH2]CC/C=C/C(F)(F)C(F)(F)C(F)(F)C(F)(F)C(F)(F)C(F)(F)C(F)(F)F. The molecular weight excluding hydrogens is 429 g/mol. The normalized spacial score (nSPS) is 16.3. The van der Waals surface area contributed by atoms with Gasteiger partial charge in [-0.3, -0.25) is 0 Å². The van der Waals surface area contributed by atoms with E-state index in [1.165, 1.54) is 0 Å². The number of allylic oxidation sites excluding steroid dienone is 2. The molecular formula is C12H8F15. The fraction of sp³-hybridized carbons (Fsp3) is 0.750. The van der Waals surface area contributed by atoms with Gasteiger partial charge in [0.1, 0.15) is 0 Å². The van der Waals surface area contributed by atoms with Crippen molar-refractivity contribution in [3.63, 3.8) is 0 Å². The van der Waals surface area contributed by atoms with E-state index in [1.807, 2.05) is 0 Å². The van der Waals surface area contributed by atoms with Crippen molar-refractivity contribution >= 4 is 0 Å². The summed E-state index contributed by atoms with van der Waals surface area (Å²) < 4.78 is 192. The maximum atomic E-state index is 13.2. The van der Waals surface area contributed by atoms with Gasteiger partial charge >= 0.3 is 41.7 Å². The molecule has 0 saturated carbocycles. The third-order valence-corrected chi connectivity index (χ3v) is 3.05. The Hall–Kier alpha value is -1.31. The molecule has 0 aliphatic carbocycles. The Morgan fingerprint density at radius 3 is 1.19 bits per heavy atom. The van der Waals surface area contributed by atoms with E-state index in [1.54, 1.807) is 0 Å². The highest BCUT2D eigenvalue weighted by Crippen LogP contribution is 2.62. The lowest BCUT2D eigenvalue weighted by Crippen LogP contribution is -2.72. The van der Waals surface area contributed by atoms with E-state index >= 15 is 0 Å². The molecule has 0 N–H and O–H groups in total. The van der Waals surface area contributed by atoms with E-state index in [0.717, 1.165) is 0 Å². The average molecular weight is 437 g/mol. The molecule has 0 saturated heterocycles. The molecule has 15 heteroatoms. The van der Waals surface area contributed by atoms with Crippen molar-refractivity contribution in [1.29, 1.82) is 0 Å². The second kappa shape index (κ2) is 6.94. The van der Waals surface area contributed by atoms with Crippen molar-refractivity contribution in [3.8, 4) is 0 Å². The Kier molecular flexibility index (Phi) is 6.60. The topological polar surface area (TPSA) is 0 Å². The van der Waals surface area contributed by atoms with Crippen molar-refractivity contribution in [1.82, 2.24) is 0 Å². The molecule has 0 amide bonds. The van der Waals surface area contributed by atoms with Crippen LogP contribution < -0.4 is 0 Å². The quantitative estimate of drug-likeness (QED) is 0.299. The van der Waals surface area contributed by atoms with Gasteiger partial charge in [0.25, 0.3) is 0 Å². The minimum Gasteiger partial charge on any atom is -0.195 e. The molecule has 161 valence electrons. The molecule has 0 fully saturated rings. The average Bonchev–Trinajstić information content (AvgIpc) is 2.45. The lowest BCUT2D eigenvalue weighted by molar-refractivity contribution is -0.449. The molecule has 0 aromatic rings. The van der Waals surface area contributed by atoms with Crippen LogP contribution in [0.3, 0.4) is 0 Å². The van der Waals surface area contributed by atoms with Gasteiger partial charge in [-0.1, -0.05) is 13.0 Å². The van der Waals surface area contributed by atoms with Gasteiger partial charge in [-0.2, -0.15) is 65.9 Å². The first-order valence-corrected chi connectivity index (χ1v) is 6.36. The predicted octanol–water partition coefficient (Wildman–Crippen LogP) is 6.53. The van der Waals surface area contributed by atoms with Gasteiger partial charge in [0.05, 0.1) is 0 Å². The molecule has 0 aromatic heterocycles. The van der Waals surface area contributed by atoms with Crippen molar-refractivity contribution in [2.75, 3.05) is 0 Å². The van der Waals surface area contributed by atoms with E-state index < -0.39 is 54.2 Å². The van der Waals surface area contributed by atoms with E-state index in [9.17, 15) is 65.9 Å². The van der Waals surface area contributed by atoms with Gasteiger partial charge in [-0.25, -0.2) is 0 Å². The lowest BCUT2D eigenvalue weighted by atomic mass is 9.91. The van der Waals surface area contributed by atoms with Crippen LogP contribution >= 0.6 is 0 Å². The molecule has 0 aliphatic rings. The number of hydrogen-bond donors (Lipinski definition) is 0. The first-order chi connectivity index (χ1) is 11.6. The van der Waals surface area contributed by atoms with Gasteiger partial charge in [0.2, 0.25) is 0 Å². The maximum Gasteiger partial charge on any atom is 0.460 e. The molecule has 0 spiro atoms. The zero-order valence-electron chi connectivity index (χ0n) is 12.4. The molecule has 1 radical (unpaired) electrons. The maximum absolute atomic E-state index is 13.2. The first kappa shape index (κ1) is 25.7. The van der Waals surface area contributed by atoms with Crippen LogP contribution in [0.5, 0.6) is 0 Å². The van der Waals surface area contributed by atoms with Crippen LogP contribution in [0.1, 0.15) is 12.8 Å². The molecule has 0 rings (SSSR count). The number of hydrogen-bond acceptors (Lipinski definition) is 0. The van der Waals surface area contributed by atoms with Gasteiger partial charge in [0.15, 0.2) is 0 Å². The molecule has 27 heavy (non-hydrogen) atoms. The van der Waals surface area contributed by atoms with Gasteiger partial charge in [-0.05, 0) is 18.9 Å². The van der Waals surface area contributed by atoms with Crippen molar-refractivity contribution in [2.45, 2.75) is 54.6 Å². The van der Waals surface area contributed by atoms with E-state index in [0.29, 0.717) is 0 Å². The van der Waals surface area contributed by atoms with Gasteiger partial charge in [-0.15, -0.1) is 0 Å². The minimum absolute atomic E-state index is 0.0115.